The number of carbonyl (C=O) groups is 1. The Morgan fingerprint density at radius 1 is 0.852 bits per heavy atom. The molecule has 2 nitrogen and oxygen atoms in total. The number of carbonyl (C=O) groups excluding carboxylic acids is 1. The van der Waals surface area contributed by atoms with Crippen LogP contribution in [0, 0.1) is 23.7 Å². The van der Waals surface area contributed by atoms with Crippen LogP contribution in [-0.4, -0.2) is 5.97 Å². The average molecular weight is 371 g/mol. The average Bonchev–Trinajstić information content (AvgIpc) is 2.71. The van der Waals surface area contributed by atoms with Gasteiger partial charge in [-0.25, -0.2) is 0 Å². The molecule has 2 aliphatic rings. The topological polar surface area (TPSA) is 26.3 Å². The van der Waals surface area contributed by atoms with Crippen molar-refractivity contribution in [2.24, 2.45) is 23.7 Å². The van der Waals surface area contributed by atoms with Gasteiger partial charge in [-0.15, -0.1) is 0 Å². The van der Waals surface area contributed by atoms with Crippen LogP contribution in [-0.2, 0) is 11.2 Å². The molecule has 27 heavy (non-hydrogen) atoms. The molecule has 0 atom stereocenters. The van der Waals surface area contributed by atoms with E-state index < -0.39 is 0 Å². The number of ether oxygens (including phenoxy) is 1. The molecule has 0 N–H and O–H groups in total. The summed E-state index contributed by atoms with van der Waals surface area (Å²) in [7, 11) is 0. The fourth-order valence-corrected chi connectivity index (χ4v) is 5.40. The van der Waals surface area contributed by atoms with E-state index >= 15 is 0 Å². The van der Waals surface area contributed by atoms with Gasteiger partial charge in [-0.1, -0.05) is 58.1 Å². The van der Waals surface area contributed by atoms with E-state index in [1.54, 1.807) is 0 Å². The molecule has 0 aliphatic heterocycles. The van der Waals surface area contributed by atoms with E-state index in [2.05, 4.69) is 26.0 Å². The molecule has 0 unspecified atom stereocenters. The first kappa shape index (κ1) is 20.4. The van der Waals surface area contributed by atoms with Crippen molar-refractivity contribution in [3.63, 3.8) is 0 Å². The summed E-state index contributed by atoms with van der Waals surface area (Å²) in [5.41, 5.74) is 1.31. The van der Waals surface area contributed by atoms with Gasteiger partial charge in [0, 0.05) is 0 Å². The molecule has 0 radical (unpaired) electrons. The zero-order valence-electron chi connectivity index (χ0n) is 17.4. The maximum Gasteiger partial charge on any atom is 0.314 e. The first-order chi connectivity index (χ1) is 13.2. The van der Waals surface area contributed by atoms with E-state index in [-0.39, 0.29) is 11.9 Å². The van der Waals surface area contributed by atoms with Gasteiger partial charge in [0.2, 0.25) is 0 Å². The van der Waals surface area contributed by atoms with Gasteiger partial charge in [-0.05, 0) is 80.4 Å². The predicted octanol–water partition coefficient (Wildman–Crippen LogP) is 6.96. The normalized spacial score (nSPS) is 28.7. The highest BCUT2D eigenvalue weighted by molar-refractivity contribution is 5.75. The summed E-state index contributed by atoms with van der Waals surface area (Å²) in [6.45, 7) is 4.49. The Labute approximate surface area is 166 Å². The molecule has 0 saturated heterocycles. The maximum atomic E-state index is 12.6. The number of hydrogen-bond donors (Lipinski definition) is 0. The fourth-order valence-electron chi connectivity index (χ4n) is 5.40. The number of aryl methyl sites for hydroxylation is 1. The minimum absolute atomic E-state index is 0.0108. The van der Waals surface area contributed by atoms with Gasteiger partial charge in [0.1, 0.15) is 5.75 Å². The van der Waals surface area contributed by atoms with Crippen LogP contribution >= 0.6 is 0 Å². The Morgan fingerprint density at radius 2 is 1.44 bits per heavy atom. The molecule has 0 aromatic heterocycles. The summed E-state index contributed by atoms with van der Waals surface area (Å²) in [6.07, 6.45) is 15.2. The molecule has 3 rings (SSSR count). The van der Waals surface area contributed by atoms with Crippen molar-refractivity contribution in [3.05, 3.63) is 29.8 Å². The summed E-state index contributed by atoms with van der Waals surface area (Å²) < 4.78 is 5.67. The summed E-state index contributed by atoms with van der Waals surface area (Å²) in [5, 5.41) is 0. The third kappa shape index (κ3) is 5.83. The Kier molecular flexibility index (Phi) is 7.79. The summed E-state index contributed by atoms with van der Waals surface area (Å²) in [6, 6.07) is 8.06. The predicted molar refractivity (Wildman–Crippen MR) is 112 cm³/mol. The van der Waals surface area contributed by atoms with Crippen LogP contribution in [0.2, 0.25) is 0 Å². The van der Waals surface area contributed by atoms with E-state index in [0.717, 1.165) is 43.4 Å². The lowest BCUT2D eigenvalue weighted by Gasteiger charge is -2.37. The van der Waals surface area contributed by atoms with Gasteiger partial charge >= 0.3 is 5.97 Å². The molecule has 1 aromatic carbocycles. The standard InChI is InChI=1S/C25H38O2/c1-3-5-19-7-11-21(12-8-19)22-13-15-23(16-14-22)25(26)27-24-17-9-20(6-4-2)10-18-24/h9-10,17-19,21-23H,3-8,11-16H2,1-2H3/t19-,21-,22?,23?. The molecule has 0 spiro atoms. The van der Waals surface area contributed by atoms with Crippen molar-refractivity contribution in [1.29, 1.82) is 0 Å². The van der Waals surface area contributed by atoms with Crippen LogP contribution in [0.5, 0.6) is 5.75 Å². The van der Waals surface area contributed by atoms with Crippen LogP contribution in [0.1, 0.15) is 90.0 Å². The van der Waals surface area contributed by atoms with E-state index in [0.29, 0.717) is 5.75 Å². The molecular formula is C25H38O2. The molecule has 2 fully saturated rings. The van der Waals surface area contributed by atoms with Crippen LogP contribution in [0.4, 0.5) is 0 Å². The molecule has 2 aliphatic carbocycles. The van der Waals surface area contributed by atoms with E-state index in [1.165, 1.54) is 56.9 Å². The smallest absolute Gasteiger partial charge is 0.314 e. The first-order valence-electron chi connectivity index (χ1n) is 11.5. The lowest BCUT2D eigenvalue weighted by Crippen LogP contribution is -2.30. The second-order valence-corrected chi connectivity index (χ2v) is 9.00. The van der Waals surface area contributed by atoms with Crippen LogP contribution < -0.4 is 4.74 Å². The second-order valence-electron chi connectivity index (χ2n) is 9.00. The molecule has 2 saturated carbocycles. The highest BCUT2D eigenvalue weighted by atomic mass is 16.5. The van der Waals surface area contributed by atoms with E-state index in [4.69, 9.17) is 4.74 Å². The summed E-state index contributed by atoms with van der Waals surface area (Å²) >= 11 is 0. The number of rotatable bonds is 7. The van der Waals surface area contributed by atoms with E-state index in [9.17, 15) is 4.79 Å². The third-order valence-corrected chi connectivity index (χ3v) is 7.04. The molecule has 1 aromatic rings. The zero-order chi connectivity index (χ0) is 19.1. The highest BCUT2D eigenvalue weighted by Gasteiger charge is 2.33. The van der Waals surface area contributed by atoms with Crippen molar-refractivity contribution >= 4 is 5.97 Å². The minimum atomic E-state index is -0.0108. The van der Waals surface area contributed by atoms with E-state index in [1.807, 2.05) is 12.1 Å². The Balaban J connectivity index is 1.41. The largest absolute Gasteiger partial charge is 0.426 e. The summed E-state index contributed by atoms with van der Waals surface area (Å²) in [5.74, 6) is 3.56. The van der Waals surface area contributed by atoms with Crippen LogP contribution in [0.25, 0.3) is 0 Å². The zero-order valence-corrected chi connectivity index (χ0v) is 17.4. The van der Waals surface area contributed by atoms with Crippen LogP contribution in [0.15, 0.2) is 24.3 Å². The Hall–Kier alpha value is -1.31. The molecule has 0 heterocycles. The lowest BCUT2D eigenvalue weighted by atomic mass is 9.69. The lowest BCUT2D eigenvalue weighted by molar-refractivity contribution is -0.140. The van der Waals surface area contributed by atoms with Gasteiger partial charge in [0.05, 0.1) is 5.92 Å². The van der Waals surface area contributed by atoms with Gasteiger partial charge in [0.25, 0.3) is 0 Å². The van der Waals surface area contributed by atoms with Crippen molar-refractivity contribution in [1.82, 2.24) is 0 Å². The van der Waals surface area contributed by atoms with Crippen molar-refractivity contribution < 1.29 is 9.53 Å². The quantitative estimate of drug-likeness (QED) is 0.383. The second kappa shape index (κ2) is 10.3. The third-order valence-electron chi connectivity index (χ3n) is 7.04. The fraction of sp³-hybridized carbons (Fsp3) is 0.720. The summed E-state index contributed by atoms with van der Waals surface area (Å²) in [4.78, 5) is 12.6. The molecule has 2 heteroatoms. The van der Waals surface area contributed by atoms with Gasteiger partial charge in [-0.2, -0.15) is 0 Å². The van der Waals surface area contributed by atoms with Crippen molar-refractivity contribution in [2.45, 2.75) is 90.9 Å². The highest BCUT2D eigenvalue weighted by Crippen LogP contribution is 2.42. The van der Waals surface area contributed by atoms with Gasteiger partial charge in [0.15, 0.2) is 0 Å². The number of esters is 1. The molecule has 150 valence electrons. The van der Waals surface area contributed by atoms with Gasteiger partial charge < -0.3 is 4.74 Å². The Morgan fingerprint density at radius 3 is 2.00 bits per heavy atom. The number of benzene rings is 1. The minimum Gasteiger partial charge on any atom is -0.426 e. The molecule has 0 bridgehead atoms. The SMILES string of the molecule is CCCc1ccc(OC(=O)C2CCC([C@H]3CC[C@H](CCC)CC3)CC2)cc1. The van der Waals surface area contributed by atoms with Crippen molar-refractivity contribution in [3.8, 4) is 5.75 Å². The van der Waals surface area contributed by atoms with Gasteiger partial charge in [-0.3, -0.25) is 4.79 Å². The first-order valence-corrected chi connectivity index (χ1v) is 11.5. The Bertz CT molecular complexity index is 560. The monoisotopic (exact) mass is 370 g/mol. The molecule has 0 amide bonds. The number of hydrogen-bond acceptors (Lipinski definition) is 2. The van der Waals surface area contributed by atoms with Crippen LogP contribution in [0.3, 0.4) is 0 Å². The van der Waals surface area contributed by atoms with Crippen molar-refractivity contribution in [2.75, 3.05) is 0 Å². The molecular weight excluding hydrogens is 332 g/mol. The maximum absolute atomic E-state index is 12.6.